The van der Waals surface area contributed by atoms with Crippen molar-refractivity contribution in [1.82, 2.24) is 4.98 Å². The molecule has 1 amide bonds. The van der Waals surface area contributed by atoms with Gasteiger partial charge in [-0.1, -0.05) is 6.07 Å². The van der Waals surface area contributed by atoms with E-state index < -0.39 is 0 Å². The molecule has 98 valence electrons. The normalized spacial score (nSPS) is 14.4. The number of thiazole rings is 1. The molecule has 4 nitrogen and oxygen atoms in total. The SMILES string of the molecule is Cc1sc(NC(=O)c2cccc(N)c2)nc1C1CC1. The third-order valence-electron chi connectivity index (χ3n) is 3.17. The zero-order chi connectivity index (χ0) is 13.4. The van der Waals surface area contributed by atoms with Crippen molar-refractivity contribution < 1.29 is 4.79 Å². The molecular formula is C14H15N3OS. The molecular weight excluding hydrogens is 258 g/mol. The van der Waals surface area contributed by atoms with Gasteiger partial charge in [0.15, 0.2) is 5.13 Å². The Balaban J connectivity index is 1.77. The van der Waals surface area contributed by atoms with E-state index in [4.69, 9.17) is 5.73 Å². The topological polar surface area (TPSA) is 68.0 Å². The number of nitrogens with zero attached hydrogens (tertiary/aromatic N) is 1. The molecule has 19 heavy (non-hydrogen) atoms. The maximum atomic E-state index is 12.1. The van der Waals surface area contributed by atoms with Crippen LogP contribution in [0.5, 0.6) is 0 Å². The lowest BCUT2D eigenvalue weighted by Gasteiger charge is -2.02. The van der Waals surface area contributed by atoms with Crippen LogP contribution in [0.2, 0.25) is 0 Å². The van der Waals surface area contributed by atoms with Crippen LogP contribution in [0.3, 0.4) is 0 Å². The summed E-state index contributed by atoms with van der Waals surface area (Å²) in [4.78, 5) is 17.8. The highest BCUT2D eigenvalue weighted by molar-refractivity contribution is 7.15. The number of anilines is 2. The number of nitrogens with two attached hydrogens (primary N) is 1. The Morgan fingerprint density at radius 1 is 1.47 bits per heavy atom. The summed E-state index contributed by atoms with van der Waals surface area (Å²) in [6, 6.07) is 6.94. The molecule has 5 heteroatoms. The summed E-state index contributed by atoms with van der Waals surface area (Å²) < 4.78 is 0. The first-order valence-corrected chi connectivity index (χ1v) is 7.09. The van der Waals surface area contributed by atoms with Crippen LogP contribution in [0.4, 0.5) is 10.8 Å². The largest absolute Gasteiger partial charge is 0.399 e. The summed E-state index contributed by atoms with van der Waals surface area (Å²) in [5.74, 6) is 0.442. The minimum atomic E-state index is -0.164. The molecule has 0 aliphatic heterocycles. The molecule has 0 atom stereocenters. The number of rotatable bonds is 3. The summed E-state index contributed by atoms with van der Waals surface area (Å²) in [6.45, 7) is 2.06. The first-order chi connectivity index (χ1) is 9.13. The van der Waals surface area contributed by atoms with Crippen LogP contribution in [0.15, 0.2) is 24.3 Å². The Bertz CT molecular complexity index is 631. The smallest absolute Gasteiger partial charge is 0.257 e. The lowest BCUT2D eigenvalue weighted by atomic mass is 10.2. The number of nitrogens with one attached hydrogen (secondary N) is 1. The van der Waals surface area contributed by atoms with Crippen LogP contribution in [-0.2, 0) is 0 Å². The van der Waals surface area contributed by atoms with Gasteiger partial charge in [-0.3, -0.25) is 10.1 Å². The highest BCUT2D eigenvalue weighted by Gasteiger charge is 2.28. The van der Waals surface area contributed by atoms with Crippen molar-refractivity contribution in [3.63, 3.8) is 0 Å². The van der Waals surface area contributed by atoms with Gasteiger partial charge < -0.3 is 5.73 Å². The number of carbonyl (C=O) groups is 1. The van der Waals surface area contributed by atoms with Crippen LogP contribution in [-0.4, -0.2) is 10.9 Å². The lowest BCUT2D eigenvalue weighted by Crippen LogP contribution is -2.11. The second-order valence-electron chi connectivity index (χ2n) is 4.81. The fourth-order valence-corrected chi connectivity index (χ4v) is 2.94. The quantitative estimate of drug-likeness (QED) is 0.844. The van der Waals surface area contributed by atoms with E-state index in [1.165, 1.54) is 29.1 Å². The Hall–Kier alpha value is -1.88. The molecule has 0 saturated heterocycles. The van der Waals surface area contributed by atoms with Crippen molar-refractivity contribution in [2.45, 2.75) is 25.7 Å². The Kier molecular flexibility index (Phi) is 2.98. The molecule has 1 aromatic heterocycles. The van der Waals surface area contributed by atoms with E-state index in [-0.39, 0.29) is 5.91 Å². The molecule has 1 saturated carbocycles. The molecule has 3 rings (SSSR count). The molecule has 0 radical (unpaired) electrons. The summed E-state index contributed by atoms with van der Waals surface area (Å²) in [6.07, 6.45) is 2.43. The van der Waals surface area contributed by atoms with Crippen molar-refractivity contribution in [2.24, 2.45) is 0 Å². The highest BCUT2D eigenvalue weighted by Crippen LogP contribution is 2.43. The van der Waals surface area contributed by atoms with Crippen LogP contribution in [0, 0.1) is 6.92 Å². The fraction of sp³-hybridized carbons (Fsp3) is 0.286. The number of carbonyl (C=O) groups excluding carboxylic acids is 1. The molecule has 2 aromatic rings. The Morgan fingerprint density at radius 3 is 2.95 bits per heavy atom. The predicted octanol–water partition coefficient (Wildman–Crippen LogP) is 3.16. The lowest BCUT2D eigenvalue weighted by molar-refractivity contribution is 0.102. The van der Waals surface area contributed by atoms with Gasteiger partial charge >= 0.3 is 0 Å². The molecule has 3 N–H and O–H groups in total. The molecule has 1 heterocycles. The first kappa shape index (κ1) is 12.2. The van der Waals surface area contributed by atoms with Gasteiger partial charge in [-0.2, -0.15) is 0 Å². The minimum absolute atomic E-state index is 0.164. The molecule has 1 aromatic carbocycles. The van der Waals surface area contributed by atoms with Gasteiger partial charge in [0.2, 0.25) is 0 Å². The van der Waals surface area contributed by atoms with Crippen molar-refractivity contribution in [2.75, 3.05) is 11.1 Å². The van der Waals surface area contributed by atoms with Crippen molar-refractivity contribution >= 4 is 28.1 Å². The number of hydrogen-bond donors (Lipinski definition) is 2. The minimum Gasteiger partial charge on any atom is -0.399 e. The first-order valence-electron chi connectivity index (χ1n) is 6.27. The van der Waals surface area contributed by atoms with Crippen LogP contribution >= 0.6 is 11.3 Å². The maximum absolute atomic E-state index is 12.1. The van der Waals surface area contributed by atoms with E-state index in [2.05, 4.69) is 17.2 Å². The van der Waals surface area contributed by atoms with Gasteiger partial charge in [0.1, 0.15) is 0 Å². The third kappa shape index (κ3) is 2.61. The second kappa shape index (κ2) is 4.66. The number of benzene rings is 1. The standard InChI is InChI=1S/C14H15N3OS/c1-8-12(9-5-6-9)16-14(19-8)17-13(18)10-3-2-4-11(15)7-10/h2-4,7,9H,5-6,15H2,1H3,(H,16,17,18). The zero-order valence-electron chi connectivity index (χ0n) is 10.6. The molecule has 0 bridgehead atoms. The van der Waals surface area contributed by atoms with E-state index in [0.29, 0.717) is 22.3 Å². The van der Waals surface area contributed by atoms with Gasteiger partial charge in [-0.15, -0.1) is 11.3 Å². The van der Waals surface area contributed by atoms with Gasteiger partial charge in [0.25, 0.3) is 5.91 Å². The van der Waals surface area contributed by atoms with Crippen LogP contribution in [0.1, 0.15) is 39.7 Å². The molecule has 1 aliphatic rings. The maximum Gasteiger partial charge on any atom is 0.257 e. The fourth-order valence-electron chi connectivity index (χ4n) is 2.05. The van der Waals surface area contributed by atoms with E-state index >= 15 is 0 Å². The zero-order valence-corrected chi connectivity index (χ0v) is 11.5. The third-order valence-corrected chi connectivity index (χ3v) is 4.07. The molecule has 0 unspecified atom stereocenters. The number of amides is 1. The molecule has 1 fully saturated rings. The number of aromatic nitrogens is 1. The van der Waals surface area contributed by atoms with E-state index in [1.807, 2.05) is 0 Å². The molecule has 0 spiro atoms. The summed E-state index contributed by atoms with van der Waals surface area (Å²) in [5, 5.41) is 3.52. The van der Waals surface area contributed by atoms with E-state index in [1.54, 1.807) is 24.3 Å². The van der Waals surface area contributed by atoms with Crippen molar-refractivity contribution in [3.05, 3.63) is 40.4 Å². The van der Waals surface area contributed by atoms with Gasteiger partial charge in [-0.05, 0) is 38.0 Å². The summed E-state index contributed by atoms with van der Waals surface area (Å²) >= 11 is 1.54. The average Bonchev–Trinajstić information content (AvgIpc) is 3.14. The van der Waals surface area contributed by atoms with Gasteiger partial charge in [0, 0.05) is 22.0 Å². The second-order valence-corrected chi connectivity index (χ2v) is 6.02. The molecule has 1 aliphatic carbocycles. The summed E-state index contributed by atoms with van der Waals surface area (Å²) in [5.41, 5.74) is 7.96. The van der Waals surface area contributed by atoms with Gasteiger partial charge in [0.05, 0.1) is 5.69 Å². The van der Waals surface area contributed by atoms with Crippen molar-refractivity contribution in [1.29, 1.82) is 0 Å². The average molecular weight is 273 g/mol. The summed E-state index contributed by atoms with van der Waals surface area (Å²) in [7, 11) is 0. The van der Waals surface area contributed by atoms with E-state index in [0.717, 1.165) is 5.69 Å². The number of hydrogen-bond acceptors (Lipinski definition) is 4. The Labute approximate surface area is 115 Å². The predicted molar refractivity (Wildman–Crippen MR) is 77.6 cm³/mol. The highest BCUT2D eigenvalue weighted by atomic mass is 32.1. The Morgan fingerprint density at radius 2 is 2.26 bits per heavy atom. The monoisotopic (exact) mass is 273 g/mol. The van der Waals surface area contributed by atoms with Crippen LogP contribution in [0.25, 0.3) is 0 Å². The van der Waals surface area contributed by atoms with E-state index in [9.17, 15) is 4.79 Å². The number of nitrogen functional groups attached to an aromatic ring is 1. The van der Waals surface area contributed by atoms with Crippen molar-refractivity contribution in [3.8, 4) is 0 Å². The van der Waals surface area contributed by atoms with Crippen LogP contribution < -0.4 is 11.1 Å². The van der Waals surface area contributed by atoms with Gasteiger partial charge in [-0.25, -0.2) is 4.98 Å². The number of aryl methyl sites for hydroxylation is 1.